The van der Waals surface area contributed by atoms with Gasteiger partial charge in [-0.1, -0.05) is 27.7 Å². The van der Waals surface area contributed by atoms with Crippen LogP contribution in [-0.4, -0.2) is 26.2 Å². The van der Waals surface area contributed by atoms with Crippen LogP contribution in [0.25, 0.3) is 0 Å². The molecule has 0 spiro atoms. The van der Waals surface area contributed by atoms with Crippen LogP contribution in [0.15, 0.2) is 36.5 Å². The molecule has 2 aliphatic rings. The Morgan fingerprint density at radius 3 is 1.10 bits per heavy atom. The fourth-order valence-electron chi connectivity index (χ4n) is 1.18. The van der Waals surface area contributed by atoms with Crippen LogP contribution >= 0.6 is 0 Å². The SMILES string of the molecule is CCNCC.CCNCC.[C-]1=CC=CC1.[C-]1=CC=CC1.[Hf]. The van der Waals surface area contributed by atoms with Gasteiger partial charge in [0.25, 0.3) is 0 Å². The molecule has 0 bridgehead atoms. The van der Waals surface area contributed by atoms with Crippen molar-refractivity contribution in [3.8, 4) is 0 Å². The summed E-state index contributed by atoms with van der Waals surface area (Å²) in [5.74, 6) is 0. The Balaban J connectivity index is -0.000000202. The first-order valence-electron chi connectivity index (χ1n) is 7.68. The van der Waals surface area contributed by atoms with E-state index < -0.39 is 0 Å². The van der Waals surface area contributed by atoms with Gasteiger partial charge >= 0.3 is 0 Å². The van der Waals surface area contributed by atoms with Crippen molar-refractivity contribution in [1.82, 2.24) is 10.6 Å². The Morgan fingerprint density at radius 1 is 0.714 bits per heavy atom. The Labute approximate surface area is 151 Å². The summed E-state index contributed by atoms with van der Waals surface area (Å²) >= 11 is 0. The number of allylic oxidation sites excluding steroid dienone is 8. The summed E-state index contributed by atoms with van der Waals surface area (Å²) in [5.41, 5.74) is 0. The number of hydrogen-bond acceptors (Lipinski definition) is 2. The van der Waals surface area contributed by atoms with Crippen LogP contribution in [-0.2, 0) is 25.8 Å². The van der Waals surface area contributed by atoms with E-state index in [4.69, 9.17) is 0 Å². The average molecular weight is 455 g/mol. The van der Waals surface area contributed by atoms with Gasteiger partial charge < -0.3 is 10.6 Å². The van der Waals surface area contributed by atoms with Gasteiger partial charge in [0.05, 0.1) is 0 Å². The Morgan fingerprint density at radius 2 is 1.05 bits per heavy atom. The molecule has 3 heteroatoms. The molecular weight excluding hydrogens is 423 g/mol. The van der Waals surface area contributed by atoms with Crippen LogP contribution in [0.2, 0.25) is 0 Å². The van der Waals surface area contributed by atoms with E-state index >= 15 is 0 Å². The van der Waals surface area contributed by atoms with E-state index in [0.717, 1.165) is 39.0 Å². The van der Waals surface area contributed by atoms with E-state index in [1.165, 1.54) is 0 Å². The van der Waals surface area contributed by atoms with Gasteiger partial charge in [0.1, 0.15) is 0 Å². The largest absolute Gasteiger partial charge is 0.317 e. The number of rotatable bonds is 4. The van der Waals surface area contributed by atoms with Gasteiger partial charge in [-0.05, 0) is 26.2 Å². The molecule has 0 fully saturated rings. The molecule has 0 saturated heterocycles. The maximum Gasteiger partial charge on any atom is 0 e. The molecule has 0 heterocycles. The first-order chi connectivity index (χ1) is 9.83. The second-order valence-corrected chi connectivity index (χ2v) is 3.92. The van der Waals surface area contributed by atoms with E-state index in [0.29, 0.717) is 0 Å². The molecule has 0 saturated carbocycles. The summed E-state index contributed by atoms with van der Waals surface area (Å²) < 4.78 is 0. The minimum Gasteiger partial charge on any atom is -0.317 e. The van der Waals surface area contributed by atoms with E-state index in [1.807, 2.05) is 24.3 Å². The van der Waals surface area contributed by atoms with Gasteiger partial charge in [0.15, 0.2) is 0 Å². The molecule has 2 nitrogen and oxygen atoms in total. The van der Waals surface area contributed by atoms with Crippen molar-refractivity contribution in [3.63, 3.8) is 0 Å². The van der Waals surface area contributed by atoms with Crippen LogP contribution in [0.5, 0.6) is 0 Å². The summed E-state index contributed by atoms with van der Waals surface area (Å²) in [4.78, 5) is 0. The molecule has 0 aromatic rings. The molecule has 0 aromatic carbocycles. The maximum atomic E-state index is 3.11. The van der Waals surface area contributed by atoms with Gasteiger partial charge in [-0.3, -0.25) is 12.2 Å². The van der Waals surface area contributed by atoms with E-state index in [1.54, 1.807) is 0 Å². The zero-order valence-corrected chi connectivity index (χ0v) is 17.8. The number of hydrogen-bond donors (Lipinski definition) is 2. The van der Waals surface area contributed by atoms with Crippen LogP contribution in [0.1, 0.15) is 40.5 Å². The zero-order chi connectivity index (χ0) is 15.3. The molecule has 0 amide bonds. The molecule has 2 aliphatic carbocycles. The summed E-state index contributed by atoms with van der Waals surface area (Å²) in [6.45, 7) is 12.8. The Hall–Kier alpha value is -0.250. The van der Waals surface area contributed by atoms with Gasteiger partial charge in [-0.25, -0.2) is 24.3 Å². The first kappa shape index (κ1) is 25.7. The van der Waals surface area contributed by atoms with Gasteiger partial charge in [0.2, 0.25) is 0 Å². The van der Waals surface area contributed by atoms with Gasteiger partial charge in [-0.2, -0.15) is 12.2 Å². The van der Waals surface area contributed by atoms with Crippen molar-refractivity contribution in [3.05, 3.63) is 48.6 Å². The van der Waals surface area contributed by atoms with Crippen molar-refractivity contribution in [2.75, 3.05) is 26.2 Å². The second kappa shape index (κ2) is 28.0. The molecule has 2 N–H and O–H groups in total. The summed E-state index contributed by atoms with van der Waals surface area (Å²) in [5, 5.41) is 6.22. The van der Waals surface area contributed by atoms with Crippen molar-refractivity contribution < 1.29 is 25.8 Å². The topological polar surface area (TPSA) is 24.1 Å². The molecule has 0 atom stereocenters. The van der Waals surface area contributed by atoms with E-state index in [2.05, 4.69) is 62.6 Å². The smallest absolute Gasteiger partial charge is 0 e. The second-order valence-electron chi connectivity index (χ2n) is 3.92. The third kappa shape index (κ3) is 32.9. The number of nitrogens with one attached hydrogen (secondary N) is 2. The average Bonchev–Trinajstić information content (AvgIpc) is 3.20. The van der Waals surface area contributed by atoms with Crippen LogP contribution in [0.3, 0.4) is 0 Å². The van der Waals surface area contributed by atoms with Gasteiger partial charge in [0, 0.05) is 25.8 Å². The van der Waals surface area contributed by atoms with E-state index in [-0.39, 0.29) is 25.8 Å². The summed E-state index contributed by atoms with van der Waals surface area (Å²) in [6.07, 6.45) is 20.0. The zero-order valence-electron chi connectivity index (χ0n) is 14.2. The molecule has 0 aliphatic heterocycles. The van der Waals surface area contributed by atoms with Gasteiger partial charge in [-0.15, -0.1) is 12.8 Å². The molecule has 21 heavy (non-hydrogen) atoms. The Bertz CT molecular complexity index is 216. The normalized spacial score (nSPS) is 12.4. The maximum absolute atomic E-state index is 3.11. The molecule has 0 radical (unpaired) electrons. The van der Waals surface area contributed by atoms with Crippen molar-refractivity contribution >= 4 is 0 Å². The quantitative estimate of drug-likeness (QED) is 0.498. The molecular formula is C18H32HfN2-2. The monoisotopic (exact) mass is 456 g/mol. The molecule has 0 unspecified atom stereocenters. The van der Waals surface area contributed by atoms with Crippen LogP contribution in [0, 0.1) is 12.2 Å². The fraction of sp³-hybridized carbons (Fsp3) is 0.556. The third-order valence-corrected chi connectivity index (χ3v) is 2.17. The predicted molar refractivity (Wildman–Crippen MR) is 91.6 cm³/mol. The third-order valence-electron chi connectivity index (χ3n) is 2.17. The molecule has 2 rings (SSSR count). The van der Waals surface area contributed by atoms with Crippen LogP contribution in [0.4, 0.5) is 0 Å². The predicted octanol–water partition coefficient (Wildman–Crippen LogP) is 3.84. The van der Waals surface area contributed by atoms with E-state index in [9.17, 15) is 0 Å². The summed E-state index contributed by atoms with van der Waals surface area (Å²) in [7, 11) is 0. The standard InChI is InChI=1S/2C5H5.2C4H11N.Hf/c2*1-2-4-5-3-1;2*1-3-5-4-2;/h2*1-3H,4H2;2*5H,3-4H2,1-2H3;/q2*-1;;;. The minimum atomic E-state index is 0. The summed E-state index contributed by atoms with van der Waals surface area (Å²) in [6, 6.07) is 0. The molecule has 120 valence electrons. The van der Waals surface area contributed by atoms with Crippen molar-refractivity contribution in [1.29, 1.82) is 0 Å². The van der Waals surface area contributed by atoms with Crippen LogP contribution < -0.4 is 10.6 Å². The first-order valence-corrected chi connectivity index (χ1v) is 7.68. The molecule has 0 aromatic heterocycles. The van der Waals surface area contributed by atoms with Crippen molar-refractivity contribution in [2.24, 2.45) is 0 Å². The fourth-order valence-corrected chi connectivity index (χ4v) is 1.18. The Kier molecular flexibility index (Phi) is 34.2. The van der Waals surface area contributed by atoms with Crippen molar-refractivity contribution in [2.45, 2.75) is 40.5 Å². The minimum absolute atomic E-state index is 0.